The van der Waals surface area contributed by atoms with Gasteiger partial charge in [0.25, 0.3) is 0 Å². The second-order valence-electron chi connectivity index (χ2n) is 4.95. The van der Waals surface area contributed by atoms with Crippen LogP contribution in [0.3, 0.4) is 0 Å². The van der Waals surface area contributed by atoms with Crippen LogP contribution in [0.15, 0.2) is 63.5 Å². The van der Waals surface area contributed by atoms with Crippen LogP contribution in [0.4, 0.5) is 5.69 Å². The topological polar surface area (TPSA) is 68.0 Å². The highest BCUT2D eigenvalue weighted by atomic mass is 79.9. The maximum absolute atomic E-state index is 12.1. The average Bonchev–Trinajstić information content (AvgIpc) is 3.05. The van der Waals surface area contributed by atoms with Crippen molar-refractivity contribution in [2.75, 3.05) is 5.32 Å². The summed E-state index contributed by atoms with van der Waals surface area (Å²) >= 11 is 3.34. The summed E-state index contributed by atoms with van der Waals surface area (Å²) in [6.07, 6.45) is 1.39. The van der Waals surface area contributed by atoms with Crippen LogP contribution < -0.4 is 5.32 Å². The molecule has 0 atom stereocenters. The molecular formula is C17H14BrN3O2. The summed E-state index contributed by atoms with van der Waals surface area (Å²) in [4.78, 5) is 12.1. The standard InChI is InChI=1S/C17H14BrN3O2/c18-13-7-9-14(10-8-13)19-16(22)17-21-20-15(23-17)11-6-12-4-2-1-3-5-12/h1-5,7-10H,6,11H2,(H,19,22). The van der Waals surface area contributed by atoms with Crippen molar-refractivity contribution in [3.8, 4) is 0 Å². The number of nitrogens with one attached hydrogen (secondary N) is 1. The van der Waals surface area contributed by atoms with Gasteiger partial charge in [-0.15, -0.1) is 10.2 Å². The van der Waals surface area contributed by atoms with Gasteiger partial charge in [0.05, 0.1) is 0 Å². The first-order valence-electron chi connectivity index (χ1n) is 7.14. The van der Waals surface area contributed by atoms with Crippen LogP contribution in [0.1, 0.15) is 22.1 Å². The summed E-state index contributed by atoms with van der Waals surface area (Å²) in [6.45, 7) is 0. The molecule has 6 heteroatoms. The fourth-order valence-electron chi connectivity index (χ4n) is 2.06. The van der Waals surface area contributed by atoms with E-state index in [1.165, 1.54) is 5.56 Å². The molecule has 0 saturated carbocycles. The lowest BCUT2D eigenvalue weighted by atomic mass is 10.1. The van der Waals surface area contributed by atoms with Crippen molar-refractivity contribution in [1.29, 1.82) is 0 Å². The summed E-state index contributed by atoms with van der Waals surface area (Å²) in [5.41, 5.74) is 1.86. The average molecular weight is 372 g/mol. The van der Waals surface area contributed by atoms with Gasteiger partial charge in [0.2, 0.25) is 5.89 Å². The monoisotopic (exact) mass is 371 g/mol. The van der Waals surface area contributed by atoms with Crippen molar-refractivity contribution in [1.82, 2.24) is 10.2 Å². The molecule has 5 nitrogen and oxygen atoms in total. The Morgan fingerprint density at radius 1 is 1.00 bits per heavy atom. The summed E-state index contributed by atoms with van der Waals surface area (Å²) in [5.74, 6) is 0.0107. The van der Waals surface area contributed by atoms with Gasteiger partial charge in [0, 0.05) is 16.6 Å². The van der Waals surface area contributed by atoms with Gasteiger partial charge in [-0.1, -0.05) is 46.3 Å². The van der Waals surface area contributed by atoms with Crippen LogP contribution in [0, 0.1) is 0 Å². The van der Waals surface area contributed by atoms with Gasteiger partial charge in [-0.05, 0) is 36.2 Å². The van der Waals surface area contributed by atoms with E-state index in [1.54, 1.807) is 12.1 Å². The van der Waals surface area contributed by atoms with Gasteiger partial charge in [-0.3, -0.25) is 4.79 Å². The number of anilines is 1. The van der Waals surface area contributed by atoms with Crippen molar-refractivity contribution in [2.24, 2.45) is 0 Å². The summed E-state index contributed by atoms with van der Waals surface area (Å²) in [5, 5.41) is 10.4. The van der Waals surface area contributed by atoms with Crippen LogP contribution in [0.5, 0.6) is 0 Å². The normalized spacial score (nSPS) is 10.5. The van der Waals surface area contributed by atoms with Gasteiger partial charge >= 0.3 is 11.8 Å². The predicted octanol–water partition coefficient (Wildman–Crippen LogP) is 3.87. The molecule has 2 aromatic carbocycles. The molecule has 0 aliphatic heterocycles. The molecule has 3 rings (SSSR count). The van der Waals surface area contributed by atoms with Crippen molar-refractivity contribution in [2.45, 2.75) is 12.8 Å². The van der Waals surface area contributed by atoms with E-state index in [0.717, 1.165) is 10.9 Å². The Bertz CT molecular complexity index is 785. The van der Waals surface area contributed by atoms with Crippen molar-refractivity contribution in [3.05, 3.63) is 76.4 Å². The highest BCUT2D eigenvalue weighted by Gasteiger charge is 2.15. The molecule has 3 aromatic rings. The summed E-state index contributed by atoms with van der Waals surface area (Å²) < 4.78 is 6.36. The maximum atomic E-state index is 12.1. The molecule has 116 valence electrons. The van der Waals surface area contributed by atoms with E-state index in [0.29, 0.717) is 18.0 Å². The van der Waals surface area contributed by atoms with E-state index < -0.39 is 5.91 Å². The number of amides is 1. The molecule has 0 saturated heterocycles. The Kier molecular flexibility index (Phi) is 4.83. The quantitative estimate of drug-likeness (QED) is 0.738. The molecule has 0 fully saturated rings. The number of rotatable bonds is 5. The molecule has 1 N–H and O–H groups in total. The molecule has 0 bridgehead atoms. The van der Waals surface area contributed by atoms with Crippen molar-refractivity contribution < 1.29 is 9.21 Å². The van der Waals surface area contributed by atoms with Crippen LogP contribution >= 0.6 is 15.9 Å². The Balaban J connectivity index is 1.59. The van der Waals surface area contributed by atoms with E-state index in [-0.39, 0.29) is 5.89 Å². The van der Waals surface area contributed by atoms with Crippen LogP contribution in [0.2, 0.25) is 0 Å². The number of benzene rings is 2. The highest BCUT2D eigenvalue weighted by molar-refractivity contribution is 9.10. The van der Waals surface area contributed by atoms with Crippen LogP contribution in [-0.2, 0) is 12.8 Å². The molecule has 1 heterocycles. The van der Waals surface area contributed by atoms with Crippen molar-refractivity contribution in [3.63, 3.8) is 0 Å². The summed E-state index contributed by atoms with van der Waals surface area (Å²) in [6, 6.07) is 17.3. The lowest BCUT2D eigenvalue weighted by molar-refractivity contribution is 0.0988. The third-order valence-electron chi connectivity index (χ3n) is 3.23. The molecule has 1 amide bonds. The number of carbonyl (C=O) groups excluding carboxylic acids is 1. The van der Waals surface area contributed by atoms with Gasteiger partial charge in [-0.25, -0.2) is 0 Å². The number of aryl methyl sites for hydroxylation is 2. The minimum absolute atomic E-state index is 0.0315. The smallest absolute Gasteiger partial charge is 0.313 e. The number of halogens is 1. The van der Waals surface area contributed by atoms with E-state index in [4.69, 9.17) is 4.42 Å². The zero-order valence-electron chi connectivity index (χ0n) is 12.2. The number of hydrogen-bond donors (Lipinski definition) is 1. The van der Waals surface area contributed by atoms with Gasteiger partial charge < -0.3 is 9.73 Å². The second-order valence-corrected chi connectivity index (χ2v) is 5.86. The Morgan fingerprint density at radius 2 is 1.74 bits per heavy atom. The minimum atomic E-state index is -0.411. The van der Waals surface area contributed by atoms with E-state index in [1.807, 2.05) is 42.5 Å². The lowest BCUT2D eigenvalue weighted by Gasteiger charge is -2.01. The van der Waals surface area contributed by atoms with E-state index in [2.05, 4.69) is 31.4 Å². The highest BCUT2D eigenvalue weighted by Crippen LogP contribution is 2.15. The van der Waals surface area contributed by atoms with Gasteiger partial charge in [0.15, 0.2) is 0 Å². The third kappa shape index (κ3) is 4.26. The molecule has 0 spiro atoms. The number of nitrogens with zero attached hydrogens (tertiary/aromatic N) is 2. The Morgan fingerprint density at radius 3 is 2.48 bits per heavy atom. The lowest BCUT2D eigenvalue weighted by Crippen LogP contribution is -2.12. The van der Waals surface area contributed by atoms with Gasteiger partial charge in [-0.2, -0.15) is 0 Å². The fraction of sp³-hybridized carbons (Fsp3) is 0.118. The van der Waals surface area contributed by atoms with Crippen molar-refractivity contribution >= 4 is 27.5 Å². The Hall–Kier alpha value is -2.47. The zero-order valence-corrected chi connectivity index (χ0v) is 13.8. The number of carbonyl (C=O) groups is 1. The predicted molar refractivity (Wildman–Crippen MR) is 90.2 cm³/mol. The van der Waals surface area contributed by atoms with Crippen LogP contribution in [-0.4, -0.2) is 16.1 Å². The number of hydrogen-bond acceptors (Lipinski definition) is 4. The molecule has 0 aliphatic rings. The van der Waals surface area contributed by atoms with Gasteiger partial charge in [0.1, 0.15) is 0 Å². The Labute approximate surface area is 141 Å². The molecule has 0 aliphatic carbocycles. The molecule has 23 heavy (non-hydrogen) atoms. The molecule has 1 aromatic heterocycles. The van der Waals surface area contributed by atoms with E-state index in [9.17, 15) is 4.79 Å². The van der Waals surface area contributed by atoms with Crippen LogP contribution in [0.25, 0.3) is 0 Å². The molecule has 0 radical (unpaired) electrons. The minimum Gasteiger partial charge on any atom is -0.417 e. The first-order valence-corrected chi connectivity index (χ1v) is 7.93. The first-order chi connectivity index (χ1) is 11.2. The third-order valence-corrected chi connectivity index (χ3v) is 3.76. The SMILES string of the molecule is O=C(Nc1ccc(Br)cc1)c1nnc(CCc2ccccc2)o1. The largest absolute Gasteiger partial charge is 0.417 e. The number of aromatic nitrogens is 2. The second kappa shape index (κ2) is 7.19. The molecular weight excluding hydrogens is 358 g/mol. The summed E-state index contributed by atoms with van der Waals surface area (Å²) in [7, 11) is 0. The van der Waals surface area contributed by atoms with E-state index >= 15 is 0 Å². The fourth-order valence-corrected chi connectivity index (χ4v) is 2.32. The first kappa shape index (κ1) is 15.4. The maximum Gasteiger partial charge on any atom is 0.313 e. The molecule has 0 unspecified atom stereocenters. The zero-order chi connectivity index (χ0) is 16.1.